The summed E-state index contributed by atoms with van der Waals surface area (Å²) >= 11 is 0. The van der Waals surface area contributed by atoms with Crippen LogP contribution in [-0.4, -0.2) is 12.0 Å². The number of pyridine rings is 1. The van der Waals surface area contributed by atoms with Crippen molar-refractivity contribution in [3.8, 4) is 0 Å². The summed E-state index contributed by atoms with van der Waals surface area (Å²) in [5.41, 5.74) is 2.56. The number of aromatic nitrogens is 1. The van der Waals surface area contributed by atoms with Crippen LogP contribution in [-0.2, 0) is 0 Å². The monoisotopic (exact) mass is 248 g/mol. The van der Waals surface area contributed by atoms with Gasteiger partial charge in [-0.3, -0.25) is 4.98 Å². The van der Waals surface area contributed by atoms with Gasteiger partial charge in [0.05, 0.1) is 6.04 Å². The molecule has 0 spiro atoms. The quantitative estimate of drug-likeness (QED) is 0.766. The standard InChI is InChI=1S/C17H16N2/c1-18-17(13-6-3-2-4-7-13)16-9-5-8-14-12-19-11-10-15(14)16/h2-12,17-18H,1H3. The van der Waals surface area contributed by atoms with Gasteiger partial charge in [-0.1, -0.05) is 48.5 Å². The molecule has 1 unspecified atom stereocenters. The van der Waals surface area contributed by atoms with E-state index in [0.29, 0.717) is 0 Å². The molecule has 1 atom stereocenters. The molecule has 94 valence electrons. The lowest BCUT2D eigenvalue weighted by molar-refractivity contribution is 0.697. The van der Waals surface area contributed by atoms with Gasteiger partial charge in [-0.15, -0.1) is 0 Å². The molecule has 0 amide bonds. The molecular formula is C17H16N2. The van der Waals surface area contributed by atoms with Crippen LogP contribution in [0.5, 0.6) is 0 Å². The molecule has 3 rings (SSSR count). The van der Waals surface area contributed by atoms with Crippen molar-refractivity contribution in [3.63, 3.8) is 0 Å². The molecule has 0 saturated carbocycles. The molecule has 2 aromatic carbocycles. The maximum atomic E-state index is 4.19. The summed E-state index contributed by atoms with van der Waals surface area (Å²) in [5.74, 6) is 0. The van der Waals surface area contributed by atoms with Gasteiger partial charge in [-0.25, -0.2) is 0 Å². The van der Waals surface area contributed by atoms with E-state index in [4.69, 9.17) is 0 Å². The maximum Gasteiger partial charge on any atom is 0.0580 e. The first-order chi connectivity index (χ1) is 9.40. The minimum atomic E-state index is 0.201. The van der Waals surface area contributed by atoms with Crippen molar-refractivity contribution >= 4 is 10.8 Å². The van der Waals surface area contributed by atoms with Crippen molar-refractivity contribution in [1.82, 2.24) is 10.3 Å². The van der Waals surface area contributed by atoms with Crippen LogP contribution in [0.1, 0.15) is 17.2 Å². The van der Waals surface area contributed by atoms with Gasteiger partial charge in [0.15, 0.2) is 0 Å². The fourth-order valence-corrected chi connectivity index (χ4v) is 2.55. The fraction of sp³-hybridized carbons (Fsp3) is 0.118. The Labute approximate surface area is 113 Å². The molecular weight excluding hydrogens is 232 g/mol. The molecule has 0 aliphatic heterocycles. The molecule has 2 heteroatoms. The molecule has 0 saturated heterocycles. The van der Waals surface area contributed by atoms with E-state index in [1.165, 1.54) is 21.9 Å². The number of hydrogen-bond acceptors (Lipinski definition) is 2. The van der Waals surface area contributed by atoms with Crippen LogP contribution in [0.2, 0.25) is 0 Å². The van der Waals surface area contributed by atoms with E-state index < -0.39 is 0 Å². The van der Waals surface area contributed by atoms with Gasteiger partial charge in [-0.05, 0) is 29.6 Å². The van der Waals surface area contributed by atoms with Crippen LogP contribution in [0.15, 0.2) is 67.0 Å². The lowest BCUT2D eigenvalue weighted by Crippen LogP contribution is -2.17. The molecule has 0 bridgehead atoms. The third kappa shape index (κ3) is 2.23. The van der Waals surface area contributed by atoms with Gasteiger partial charge in [0.1, 0.15) is 0 Å². The average Bonchev–Trinajstić information content (AvgIpc) is 2.49. The second-order valence-electron chi connectivity index (χ2n) is 4.58. The highest BCUT2D eigenvalue weighted by Crippen LogP contribution is 2.28. The van der Waals surface area contributed by atoms with E-state index in [1.807, 2.05) is 25.5 Å². The van der Waals surface area contributed by atoms with Gasteiger partial charge in [-0.2, -0.15) is 0 Å². The van der Waals surface area contributed by atoms with E-state index in [-0.39, 0.29) is 6.04 Å². The zero-order chi connectivity index (χ0) is 13.1. The van der Waals surface area contributed by atoms with Crippen LogP contribution in [0.25, 0.3) is 10.8 Å². The molecule has 3 aromatic rings. The molecule has 1 heterocycles. The molecule has 1 aromatic heterocycles. The van der Waals surface area contributed by atoms with Crippen LogP contribution < -0.4 is 5.32 Å². The van der Waals surface area contributed by atoms with E-state index in [0.717, 1.165) is 0 Å². The van der Waals surface area contributed by atoms with Gasteiger partial charge in [0, 0.05) is 17.8 Å². The lowest BCUT2D eigenvalue weighted by atomic mass is 9.95. The van der Waals surface area contributed by atoms with Crippen molar-refractivity contribution in [2.24, 2.45) is 0 Å². The SMILES string of the molecule is CNC(c1ccccc1)c1cccc2cnccc12. The summed E-state index contributed by atoms with van der Waals surface area (Å²) in [5, 5.41) is 5.83. The third-order valence-corrected chi connectivity index (χ3v) is 3.45. The van der Waals surface area contributed by atoms with Crippen LogP contribution in [0.3, 0.4) is 0 Å². The molecule has 19 heavy (non-hydrogen) atoms. The van der Waals surface area contributed by atoms with Crippen molar-refractivity contribution in [2.45, 2.75) is 6.04 Å². The van der Waals surface area contributed by atoms with Gasteiger partial charge in [0.25, 0.3) is 0 Å². The zero-order valence-electron chi connectivity index (χ0n) is 10.9. The number of hydrogen-bond donors (Lipinski definition) is 1. The summed E-state index contributed by atoms with van der Waals surface area (Å²) < 4.78 is 0. The first-order valence-electron chi connectivity index (χ1n) is 6.45. The summed E-state index contributed by atoms with van der Waals surface area (Å²) in [7, 11) is 2.00. The second-order valence-corrected chi connectivity index (χ2v) is 4.58. The molecule has 0 fully saturated rings. The minimum absolute atomic E-state index is 0.201. The predicted octanol–water partition coefficient (Wildman–Crippen LogP) is 3.54. The predicted molar refractivity (Wildman–Crippen MR) is 79.1 cm³/mol. The van der Waals surface area contributed by atoms with Crippen molar-refractivity contribution < 1.29 is 0 Å². The van der Waals surface area contributed by atoms with E-state index in [9.17, 15) is 0 Å². The number of nitrogens with one attached hydrogen (secondary N) is 1. The average molecular weight is 248 g/mol. The van der Waals surface area contributed by atoms with Gasteiger partial charge in [0.2, 0.25) is 0 Å². The summed E-state index contributed by atoms with van der Waals surface area (Å²) in [6.45, 7) is 0. The molecule has 0 radical (unpaired) electrons. The van der Waals surface area contributed by atoms with Crippen LogP contribution in [0, 0.1) is 0 Å². The maximum absolute atomic E-state index is 4.19. The third-order valence-electron chi connectivity index (χ3n) is 3.45. The highest BCUT2D eigenvalue weighted by atomic mass is 14.9. The van der Waals surface area contributed by atoms with Crippen LogP contribution >= 0.6 is 0 Å². The smallest absolute Gasteiger partial charge is 0.0580 e. The summed E-state index contributed by atoms with van der Waals surface area (Å²) in [6, 6.07) is 19.2. The Kier molecular flexibility index (Phi) is 3.25. The Balaban J connectivity index is 2.17. The molecule has 0 aliphatic carbocycles. The fourth-order valence-electron chi connectivity index (χ4n) is 2.55. The first kappa shape index (κ1) is 11.9. The minimum Gasteiger partial charge on any atom is -0.309 e. The molecule has 2 nitrogen and oxygen atoms in total. The lowest BCUT2D eigenvalue weighted by Gasteiger charge is -2.19. The summed E-state index contributed by atoms with van der Waals surface area (Å²) in [6.07, 6.45) is 3.76. The number of rotatable bonds is 3. The number of nitrogens with zero attached hydrogens (tertiary/aromatic N) is 1. The highest BCUT2D eigenvalue weighted by molar-refractivity contribution is 5.85. The Morgan fingerprint density at radius 3 is 2.58 bits per heavy atom. The topological polar surface area (TPSA) is 24.9 Å². The Morgan fingerprint density at radius 2 is 1.79 bits per heavy atom. The van der Waals surface area contributed by atoms with Crippen molar-refractivity contribution in [1.29, 1.82) is 0 Å². The molecule has 0 aliphatic rings. The van der Waals surface area contributed by atoms with E-state index in [2.05, 4.69) is 58.8 Å². The largest absolute Gasteiger partial charge is 0.309 e. The Bertz CT molecular complexity index is 672. The zero-order valence-corrected chi connectivity index (χ0v) is 10.9. The first-order valence-corrected chi connectivity index (χ1v) is 6.45. The second kappa shape index (κ2) is 5.21. The van der Waals surface area contributed by atoms with E-state index >= 15 is 0 Å². The van der Waals surface area contributed by atoms with Gasteiger partial charge >= 0.3 is 0 Å². The highest BCUT2D eigenvalue weighted by Gasteiger charge is 2.13. The van der Waals surface area contributed by atoms with Crippen molar-refractivity contribution in [2.75, 3.05) is 7.05 Å². The number of benzene rings is 2. The van der Waals surface area contributed by atoms with Crippen LogP contribution in [0.4, 0.5) is 0 Å². The molecule has 1 N–H and O–H groups in total. The Hall–Kier alpha value is -2.19. The van der Waals surface area contributed by atoms with Gasteiger partial charge < -0.3 is 5.32 Å². The normalized spacial score (nSPS) is 12.5. The number of fused-ring (bicyclic) bond motifs is 1. The van der Waals surface area contributed by atoms with E-state index in [1.54, 1.807) is 0 Å². The van der Waals surface area contributed by atoms with Crippen molar-refractivity contribution in [3.05, 3.63) is 78.1 Å². The Morgan fingerprint density at radius 1 is 0.947 bits per heavy atom. The summed E-state index contributed by atoms with van der Waals surface area (Å²) in [4.78, 5) is 4.19.